The fourth-order valence-corrected chi connectivity index (χ4v) is 2.38. The maximum Gasteiger partial charge on any atom is 0.191 e. The molecule has 6 heteroatoms. The van der Waals surface area contributed by atoms with E-state index in [1.165, 1.54) is 0 Å². The summed E-state index contributed by atoms with van der Waals surface area (Å²) in [6.45, 7) is 13.2. The van der Waals surface area contributed by atoms with Crippen LogP contribution in [0.15, 0.2) is 17.4 Å². The average Bonchev–Trinajstić information content (AvgIpc) is 2.87. The first-order chi connectivity index (χ1) is 10.8. The Kier molecular flexibility index (Phi) is 7.55. The maximum absolute atomic E-state index is 5.56. The number of imidazole rings is 1. The molecule has 0 saturated carbocycles. The standard InChI is InChI=1S/C17H33N5O/c1-13(2)12-22-9-8-19-15(22)11-21-16(18-6)20-10-14(23-7)17(3,4)5/h8-9,13-14H,10-12H2,1-7H3,(H2,18,20,21). The van der Waals surface area contributed by atoms with Crippen LogP contribution in [0.1, 0.15) is 40.4 Å². The number of aliphatic imine (C=N–C) groups is 1. The van der Waals surface area contributed by atoms with Crippen LogP contribution < -0.4 is 10.6 Å². The van der Waals surface area contributed by atoms with Gasteiger partial charge in [0, 0.05) is 39.6 Å². The zero-order valence-corrected chi connectivity index (χ0v) is 15.7. The van der Waals surface area contributed by atoms with E-state index in [4.69, 9.17) is 4.74 Å². The Morgan fingerprint density at radius 2 is 2.04 bits per heavy atom. The molecule has 23 heavy (non-hydrogen) atoms. The van der Waals surface area contributed by atoms with Crippen molar-refractivity contribution in [2.75, 3.05) is 20.7 Å². The van der Waals surface area contributed by atoms with Gasteiger partial charge in [0.15, 0.2) is 5.96 Å². The first-order valence-electron chi connectivity index (χ1n) is 8.25. The number of aromatic nitrogens is 2. The van der Waals surface area contributed by atoms with Gasteiger partial charge in [0.2, 0.25) is 0 Å². The van der Waals surface area contributed by atoms with E-state index in [1.54, 1.807) is 14.2 Å². The molecule has 1 unspecified atom stereocenters. The first-order valence-corrected chi connectivity index (χ1v) is 8.25. The molecule has 1 atom stereocenters. The minimum Gasteiger partial charge on any atom is -0.379 e. The molecule has 132 valence electrons. The molecule has 1 heterocycles. The van der Waals surface area contributed by atoms with Gasteiger partial charge in [-0.3, -0.25) is 4.99 Å². The third-order valence-electron chi connectivity index (χ3n) is 3.71. The Morgan fingerprint density at radius 3 is 2.57 bits per heavy atom. The molecule has 0 saturated heterocycles. The van der Waals surface area contributed by atoms with E-state index in [0.29, 0.717) is 19.0 Å². The predicted octanol–water partition coefficient (Wildman–Crippen LogP) is 2.27. The molecule has 2 N–H and O–H groups in total. The van der Waals surface area contributed by atoms with Crippen LogP contribution in [0.4, 0.5) is 0 Å². The van der Waals surface area contributed by atoms with Crippen LogP contribution in [0.2, 0.25) is 0 Å². The van der Waals surface area contributed by atoms with Crippen LogP contribution in [-0.4, -0.2) is 42.3 Å². The van der Waals surface area contributed by atoms with E-state index in [9.17, 15) is 0 Å². The lowest BCUT2D eigenvalue weighted by atomic mass is 9.89. The van der Waals surface area contributed by atoms with Crippen LogP contribution in [-0.2, 0) is 17.8 Å². The first kappa shape index (κ1) is 19.5. The fourth-order valence-electron chi connectivity index (χ4n) is 2.38. The minimum absolute atomic E-state index is 0.0775. The van der Waals surface area contributed by atoms with E-state index in [1.807, 2.05) is 12.4 Å². The second-order valence-corrected chi connectivity index (χ2v) is 7.29. The van der Waals surface area contributed by atoms with Gasteiger partial charge in [-0.25, -0.2) is 4.98 Å². The van der Waals surface area contributed by atoms with Crippen molar-refractivity contribution in [3.63, 3.8) is 0 Å². The molecule has 0 fully saturated rings. The summed E-state index contributed by atoms with van der Waals surface area (Å²) in [6, 6.07) is 0. The van der Waals surface area contributed by atoms with Gasteiger partial charge in [-0.15, -0.1) is 0 Å². The van der Waals surface area contributed by atoms with Crippen LogP contribution in [0.5, 0.6) is 0 Å². The summed E-state index contributed by atoms with van der Waals surface area (Å²) >= 11 is 0. The van der Waals surface area contributed by atoms with Gasteiger partial charge < -0.3 is 19.9 Å². The van der Waals surface area contributed by atoms with E-state index in [2.05, 4.69) is 59.8 Å². The summed E-state index contributed by atoms with van der Waals surface area (Å²) in [6.07, 6.45) is 3.98. The minimum atomic E-state index is 0.0775. The normalized spacial score (nSPS) is 14.2. The van der Waals surface area contributed by atoms with E-state index < -0.39 is 0 Å². The number of nitrogens with one attached hydrogen (secondary N) is 2. The van der Waals surface area contributed by atoms with Crippen molar-refractivity contribution in [2.24, 2.45) is 16.3 Å². The van der Waals surface area contributed by atoms with E-state index in [0.717, 1.165) is 18.3 Å². The number of hydrogen-bond acceptors (Lipinski definition) is 3. The zero-order chi connectivity index (χ0) is 17.5. The van der Waals surface area contributed by atoms with Gasteiger partial charge >= 0.3 is 0 Å². The maximum atomic E-state index is 5.56. The number of ether oxygens (including phenoxy) is 1. The summed E-state index contributed by atoms with van der Waals surface area (Å²) in [5, 5.41) is 6.64. The molecule has 1 aromatic heterocycles. The summed E-state index contributed by atoms with van der Waals surface area (Å²) in [4.78, 5) is 8.69. The lowest BCUT2D eigenvalue weighted by Gasteiger charge is -2.30. The third-order valence-corrected chi connectivity index (χ3v) is 3.71. The quantitative estimate of drug-likeness (QED) is 0.597. The third kappa shape index (κ3) is 6.60. The molecule has 0 aromatic carbocycles. The largest absolute Gasteiger partial charge is 0.379 e. The number of rotatable bonds is 7. The van der Waals surface area contributed by atoms with Gasteiger partial charge in [-0.2, -0.15) is 0 Å². The zero-order valence-electron chi connectivity index (χ0n) is 15.7. The summed E-state index contributed by atoms with van der Waals surface area (Å²) in [5.74, 6) is 2.37. The highest BCUT2D eigenvalue weighted by atomic mass is 16.5. The van der Waals surface area contributed by atoms with Crippen LogP contribution in [0, 0.1) is 11.3 Å². The topological polar surface area (TPSA) is 63.5 Å². The Hall–Kier alpha value is -1.56. The van der Waals surface area contributed by atoms with E-state index in [-0.39, 0.29) is 11.5 Å². The molecule has 0 aliphatic carbocycles. The Bertz CT molecular complexity index is 487. The Labute approximate surface area is 140 Å². The molecule has 0 radical (unpaired) electrons. The predicted molar refractivity (Wildman–Crippen MR) is 95.5 cm³/mol. The highest BCUT2D eigenvalue weighted by Gasteiger charge is 2.24. The lowest BCUT2D eigenvalue weighted by Crippen LogP contribution is -2.45. The van der Waals surface area contributed by atoms with Crippen LogP contribution in [0.25, 0.3) is 0 Å². The summed E-state index contributed by atoms with van der Waals surface area (Å²) in [5.41, 5.74) is 0.0775. The number of nitrogens with zero attached hydrogens (tertiary/aromatic N) is 3. The lowest BCUT2D eigenvalue weighted by molar-refractivity contribution is 0.0205. The van der Waals surface area contributed by atoms with Crippen LogP contribution in [0.3, 0.4) is 0 Å². The van der Waals surface area contributed by atoms with Gasteiger partial charge in [0.05, 0.1) is 12.6 Å². The second kappa shape index (κ2) is 8.91. The van der Waals surface area contributed by atoms with Crippen molar-refractivity contribution in [1.82, 2.24) is 20.2 Å². The summed E-state index contributed by atoms with van der Waals surface area (Å²) in [7, 11) is 3.52. The molecular weight excluding hydrogens is 290 g/mol. The van der Waals surface area contributed by atoms with Crippen molar-refractivity contribution in [2.45, 2.75) is 53.8 Å². The van der Waals surface area contributed by atoms with Crippen LogP contribution >= 0.6 is 0 Å². The number of guanidine groups is 1. The molecule has 0 spiro atoms. The molecule has 6 nitrogen and oxygen atoms in total. The highest BCUT2D eigenvalue weighted by molar-refractivity contribution is 5.79. The fraction of sp³-hybridized carbons (Fsp3) is 0.765. The van der Waals surface area contributed by atoms with Gasteiger partial charge in [-0.05, 0) is 11.3 Å². The van der Waals surface area contributed by atoms with Crippen molar-refractivity contribution in [3.05, 3.63) is 18.2 Å². The molecule has 0 aliphatic heterocycles. The van der Waals surface area contributed by atoms with Gasteiger partial charge in [0.25, 0.3) is 0 Å². The van der Waals surface area contributed by atoms with Crippen molar-refractivity contribution in [3.8, 4) is 0 Å². The molecule has 1 rings (SSSR count). The number of methoxy groups -OCH3 is 1. The summed E-state index contributed by atoms with van der Waals surface area (Å²) < 4.78 is 7.74. The molecule has 1 aromatic rings. The number of hydrogen-bond donors (Lipinski definition) is 2. The molecule has 0 amide bonds. The average molecular weight is 323 g/mol. The van der Waals surface area contributed by atoms with Crippen molar-refractivity contribution >= 4 is 5.96 Å². The van der Waals surface area contributed by atoms with Crippen molar-refractivity contribution < 1.29 is 4.74 Å². The molecule has 0 bridgehead atoms. The smallest absolute Gasteiger partial charge is 0.191 e. The second-order valence-electron chi connectivity index (χ2n) is 7.29. The molecule has 0 aliphatic rings. The highest BCUT2D eigenvalue weighted by Crippen LogP contribution is 2.20. The van der Waals surface area contributed by atoms with E-state index >= 15 is 0 Å². The van der Waals surface area contributed by atoms with Crippen molar-refractivity contribution in [1.29, 1.82) is 0 Å². The Morgan fingerprint density at radius 1 is 1.35 bits per heavy atom. The van der Waals surface area contributed by atoms with Gasteiger partial charge in [-0.1, -0.05) is 34.6 Å². The Balaban J connectivity index is 2.54. The SMILES string of the molecule is CN=C(NCc1nccn1CC(C)C)NCC(OC)C(C)(C)C. The van der Waals surface area contributed by atoms with Gasteiger partial charge in [0.1, 0.15) is 5.82 Å². The monoisotopic (exact) mass is 323 g/mol. The molecular formula is C17H33N5O.